The van der Waals surface area contributed by atoms with Crippen LogP contribution in [0.2, 0.25) is 0 Å². The van der Waals surface area contributed by atoms with E-state index in [1.165, 1.54) is 4.31 Å². The normalized spacial score (nSPS) is 23.7. The lowest BCUT2D eigenvalue weighted by molar-refractivity contribution is -0.136. The van der Waals surface area contributed by atoms with Crippen LogP contribution in [0.25, 0.3) is 0 Å². The van der Waals surface area contributed by atoms with Crippen molar-refractivity contribution >= 4 is 15.9 Å². The van der Waals surface area contributed by atoms with Gasteiger partial charge in [-0.3, -0.25) is 10.1 Å². The van der Waals surface area contributed by atoms with Gasteiger partial charge in [0.2, 0.25) is 15.9 Å². The molecule has 2 aliphatic rings. The van der Waals surface area contributed by atoms with E-state index < -0.39 is 15.7 Å². The summed E-state index contributed by atoms with van der Waals surface area (Å²) < 4.78 is 32.8. The predicted molar refractivity (Wildman–Crippen MR) is 112 cm³/mol. The molecule has 7 nitrogen and oxygen atoms in total. The second-order valence-corrected chi connectivity index (χ2v) is 10.4. The van der Waals surface area contributed by atoms with Crippen molar-refractivity contribution in [1.82, 2.24) is 14.5 Å². The van der Waals surface area contributed by atoms with Crippen LogP contribution in [0.15, 0.2) is 29.2 Å². The monoisotopic (exact) mass is 423 g/mol. The number of piperidine rings is 1. The van der Waals surface area contributed by atoms with Crippen LogP contribution < -0.4 is 10.1 Å². The van der Waals surface area contributed by atoms with Crippen molar-refractivity contribution in [3.05, 3.63) is 24.3 Å². The highest BCUT2D eigenvalue weighted by Gasteiger charge is 2.54. The number of ether oxygens (including phenoxy) is 1. The molecule has 0 saturated carbocycles. The van der Waals surface area contributed by atoms with Crippen LogP contribution in [0, 0.1) is 5.92 Å². The quantitative estimate of drug-likeness (QED) is 0.760. The van der Waals surface area contributed by atoms with Crippen molar-refractivity contribution in [3.8, 4) is 5.75 Å². The largest absolute Gasteiger partial charge is 0.497 e. The number of benzene rings is 1. The summed E-state index contributed by atoms with van der Waals surface area (Å²) in [6, 6.07) is 6.38. The number of carbonyl (C=O) groups is 1. The zero-order valence-corrected chi connectivity index (χ0v) is 18.8. The maximum atomic E-state index is 13.1. The summed E-state index contributed by atoms with van der Waals surface area (Å²) in [6.45, 7) is 9.01. The average Bonchev–Trinajstić information content (AvgIpc) is 2.99. The molecule has 2 heterocycles. The van der Waals surface area contributed by atoms with Gasteiger partial charge in [-0.15, -0.1) is 0 Å². The minimum absolute atomic E-state index is 0.114. The van der Waals surface area contributed by atoms with Crippen LogP contribution in [0.5, 0.6) is 5.75 Å². The SMILES string of the molecule is CC[C@H](C)N1C(=O)[C@@H](C(C)C)NC12CCN(S(=O)(=O)c1ccc(OC)cc1)CC2. The van der Waals surface area contributed by atoms with Crippen molar-refractivity contribution < 1.29 is 17.9 Å². The first kappa shape index (κ1) is 22.1. The zero-order valence-electron chi connectivity index (χ0n) is 18.0. The molecule has 0 aliphatic carbocycles. The number of carbonyl (C=O) groups excluding carboxylic acids is 1. The van der Waals surface area contributed by atoms with E-state index in [1.54, 1.807) is 31.4 Å². The first-order chi connectivity index (χ1) is 13.7. The Morgan fingerprint density at radius 2 is 1.76 bits per heavy atom. The van der Waals surface area contributed by atoms with Crippen LogP contribution in [0.4, 0.5) is 0 Å². The van der Waals surface area contributed by atoms with Crippen LogP contribution in [0.1, 0.15) is 47.0 Å². The summed E-state index contributed by atoms with van der Waals surface area (Å²) in [7, 11) is -2.02. The van der Waals surface area contributed by atoms with E-state index in [2.05, 4.69) is 19.2 Å². The number of amides is 1. The molecule has 0 aromatic heterocycles. The topological polar surface area (TPSA) is 79.0 Å². The minimum Gasteiger partial charge on any atom is -0.497 e. The van der Waals surface area contributed by atoms with Gasteiger partial charge in [-0.25, -0.2) is 8.42 Å². The highest BCUT2D eigenvalue weighted by molar-refractivity contribution is 7.89. The van der Waals surface area contributed by atoms with Gasteiger partial charge in [0.25, 0.3) is 0 Å². The molecule has 2 fully saturated rings. The van der Waals surface area contributed by atoms with E-state index in [4.69, 9.17) is 4.74 Å². The van der Waals surface area contributed by atoms with E-state index >= 15 is 0 Å². The fraction of sp³-hybridized carbons (Fsp3) is 0.667. The Morgan fingerprint density at radius 3 is 2.24 bits per heavy atom. The summed E-state index contributed by atoms with van der Waals surface area (Å²) in [5, 5.41) is 3.59. The van der Waals surface area contributed by atoms with E-state index in [1.807, 2.05) is 18.7 Å². The molecule has 29 heavy (non-hydrogen) atoms. The summed E-state index contributed by atoms with van der Waals surface area (Å²) in [5.74, 6) is 0.953. The number of hydrogen-bond donors (Lipinski definition) is 1. The maximum Gasteiger partial charge on any atom is 0.243 e. The highest BCUT2D eigenvalue weighted by Crippen LogP contribution is 2.37. The first-order valence-corrected chi connectivity index (χ1v) is 11.9. The summed E-state index contributed by atoms with van der Waals surface area (Å²) in [4.78, 5) is 15.4. The van der Waals surface area contributed by atoms with E-state index in [0.717, 1.165) is 6.42 Å². The number of hydrogen-bond acceptors (Lipinski definition) is 5. The van der Waals surface area contributed by atoms with Gasteiger partial charge in [-0.1, -0.05) is 20.8 Å². The molecule has 0 unspecified atom stereocenters. The fourth-order valence-corrected chi connectivity index (χ4v) is 5.87. The molecule has 0 radical (unpaired) electrons. The summed E-state index contributed by atoms with van der Waals surface area (Å²) >= 11 is 0. The Bertz CT molecular complexity index is 830. The molecule has 1 amide bonds. The molecule has 1 aromatic carbocycles. The van der Waals surface area contributed by atoms with Gasteiger partial charge >= 0.3 is 0 Å². The number of rotatable bonds is 6. The van der Waals surface area contributed by atoms with Crippen molar-refractivity contribution in [2.75, 3.05) is 20.2 Å². The van der Waals surface area contributed by atoms with E-state index in [0.29, 0.717) is 31.7 Å². The standard InChI is InChI=1S/C21H33N3O4S/c1-6-16(4)24-20(25)19(15(2)3)22-21(24)11-13-23(14-12-21)29(26,27)18-9-7-17(28-5)8-10-18/h7-10,15-16,19,22H,6,11-14H2,1-5H3/t16-,19+/m0/s1. The molecule has 162 valence electrons. The first-order valence-electron chi connectivity index (χ1n) is 10.4. The Labute approximate surface area is 174 Å². The molecule has 0 bridgehead atoms. The fourth-order valence-electron chi connectivity index (χ4n) is 4.43. The molecule has 1 spiro atoms. The van der Waals surface area contributed by atoms with Gasteiger partial charge < -0.3 is 9.64 Å². The van der Waals surface area contributed by atoms with Gasteiger partial charge in [-0.2, -0.15) is 4.31 Å². The second kappa shape index (κ2) is 8.24. The Morgan fingerprint density at radius 1 is 1.17 bits per heavy atom. The lowest BCUT2D eigenvalue weighted by atomic mass is 9.95. The summed E-state index contributed by atoms with van der Waals surface area (Å²) in [6.07, 6.45) is 2.04. The van der Waals surface area contributed by atoms with Gasteiger partial charge in [-0.05, 0) is 56.4 Å². The lowest BCUT2D eigenvalue weighted by Gasteiger charge is -2.46. The van der Waals surface area contributed by atoms with Gasteiger partial charge in [0.15, 0.2) is 0 Å². The molecule has 2 saturated heterocycles. The Balaban J connectivity index is 1.81. The maximum absolute atomic E-state index is 13.1. The van der Waals surface area contributed by atoms with Crippen LogP contribution in [0.3, 0.4) is 0 Å². The highest BCUT2D eigenvalue weighted by atomic mass is 32.2. The Hall–Kier alpha value is -1.64. The van der Waals surface area contributed by atoms with Crippen molar-refractivity contribution in [2.24, 2.45) is 5.92 Å². The molecule has 3 rings (SSSR count). The predicted octanol–water partition coefficient (Wildman–Crippen LogP) is 2.43. The number of methoxy groups -OCH3 is 1. The van der Waals surface area contributed by atoms with E-state index in [9.17, 15) is 13.2 Å². The molecule has 8 heteroatoms. The molecule has 1 aromatic rings. The number of nitrogens with zero attached hydrogens (tertiary/aromatic N) is 2. The van der Waals surface area contributed by atoms with Gasteiger partial charge in [0, 0.05) is 19.1 Å². The third kappa shape index (κ3) is 3.90. The third-order valence-corrected chi connectivity index (χ3v) is 8.25. The average molecular weight is 424 g/mol. The lowest BCUT2D eigenvalue weighted by Crippen LogP contribution is -2.61. The molecular formula is C21H33N3O4S. The third-order valence-electron chi connectivity index (χ3n) is 6.33. The number of sulfonamides is 1. The van der Waals surface area contributed by atoms with Crippen molar-refractivity contribution in [1.29, 1.82) is 0 Å². The molecular weight excluding hydrogens is 390 g/mol. The van der Waals surface area contributed by atoms with Crippen LogP contribution in [-0.2, 0) is 14.8 Å². The van der Waals surface area contributed by atoms with Crippen molar-refractivity contribution in [3.63, 3.8) is 0 Å². The smallest absolute Gasteiger partial charge is 0.243 e. The molecule has 2 aliphatic heterocycles. The second-order valence-electron chi connectivity index (χ2n) is 8.44. The molecule has 1 N–H and O–H groups in total. The van der Waals surface area contributed by atoms with Crippen LogP contribution in [-0.4, -0.2) is 61.5 Å². The number of nitrogens with one attached hydrogen (secondary N) is 1. The zero-order chi connectivity index (χ0) is 21.4. The summed E-state index contributed by atoms with van der Waals surface area (Å²) in [5.41, 5.74) is -0.465. The van der Waals surface area contributed by atoms with Crippen molar-refractivity contribution in [2.45, 2.75) is 69.6 Å². The van der Waals surface area contributed by atoms with Gasteiger partial charge in [0.05, 0.1) is 23.7 Å². The Kier molecular flexibility index (Phi) is 6.27. The van der Waals surface area contributed by atoms with Crippen LogP contribution >= 0.6 is 0 Å². The minimum atomic E-state index is -3.57. The van der Waals surface area contributed by atoms with E-state index in [-0.39, 0.29) is 28.8 Å². The van der Waals surface area contributed by atoms with Gasteiger partial charge in [0.1, 0.15) is 5.75 Å². The molecule has 2 atom stereocenters.